The lowest BCUT2D eigenvalue weighted by Gasteiger charge is -2.11. The van der Waals surface area contributed by atoms with Crippen LogP contribution in [0.5, 0.6) is 0 Å². The van der Waals surface area contributed by atoms with E-state index < -0.39 is 0 Å². The number of rotatable bonds is 5. The van der Waals surface area contributed by atoms with Crippen LogP contribution >= 0.6 is 0 Å². The Morgan fingerprint density at radius 1 is 1.26 bits per heavy atom. The van der Waals surface area contributed by atoms with E-state index in [2.05, 4.69) is 5.32 Å². The van der Waals surface area contributed by atoms with Gasteiger partial charge >= 0.3 is 5.97 Å². The van der Waals surface area contributed by atoms with E-state index >= 15 is 0 Å². The third-order valence-electron chi connectivity index (χ3n) is 3.85. The van der Waals surface area contributed by atoms with Gasteiger partial charge in [0.15, 0.2) is 0 Å². The zero-order valence-electron chi connectivity index (χ0n) is 13.9. The molecule has 122 valence electrons. The van der Waals surface area contributed by atoms with E-state index in [1.165, 1.54) is 7.11 Å². The summed E-state index contributed by atoms with van der Waals surface area (Å²) in [7, 11) is 3.14. The second-order valence-corrected chi connectivity index (χ2v) is 5.58. The summed E-state index contributed by atoms with van der Waals surface area (Å²) >= 11 is 0. The fourth-order valence-electron chi connectivity index (χ4n) is 2.28. The summed E-state index contributed by atoms with van der Waals surface area (Å²) in [6.07, 6.45) is 2.73. The van der Waals surface area contributed by atoms with Crippen molar-refractivity contribution in [1.29, 1.82) is 0 Å². The van der Waals surface area contributed by atoms with Gasteiger partial charge in [0.05, 0.1) is 7.11 Å². The number of amides is 1. The number of nitrogens with one attached hydrogen (secondary N) is 1. The normalized spacial score (nSPS) is 11.8. The molecule has 0 unspecified atom stereocenters. The van der Waals surface area contributed by atoms with Gasteiger partial charge in [-0.1, -0.05) is 19.1 Å². The lowest BCUT2D eigenvalue weighted by Crippen LogP contribution is -2.31. The number of hydrogen-bond acceptors (Lipinski definition) is 3. The average Bonchev–Trinajstić information content (AvgIpc) is 2.96. The zero-order valence-corrected chi connectivity index (χ0v) is 13.9. The minimum atomic E-state index is -0.385. The van der Waals surface area contributed by atoms with Gasteiger partial charge in [0, 0.05) is 30.4 Å². The Morgan fingerprint density at radius 2 is 2.00 bits per heavy atom. The lowest BCUT2D eigenvalue weighted by atomic mass is 10.0. The fraction of sp³-hybridized carbons (Fsp3) is 0.333. The van der Waals surface area contributed by atoms with Crippen LogP contribution in [0.15, 0.2) is 36.5 Å². The predicted octanol–water partition coefficient (Wildman–Crippen LogP) is 3.01. The molecule has 0 radical (unpaired) electrons. The van der Waals surface area contributed by atoms with Crippen LogP contribution < -0.4 is 5.32 Å². The Bertz CT molecular complexity index is 719. The maximum absolute atomic E-state index is 12.2. The van der Waals surface area contributed by atoms with Crippen LogP contribution in [0, 0.1) is 0 Å². The molecule has 0 saturated carbocycles. The first-order valence-electron chi connectivity index (χ1n) is 7.62. The lowest BCUT2D eigenvalue weighted by molar-refractivity contribution is 0.0590. The summed E-state index contributed by atoms with van der Waals surface area (Å²) in [5.41, 5.74) is 2.82. The maximum atomic E-state index is 12.2. The number of ether oxygens (including phenoxy) is 1. The molecule has 0 aliphatic rings. The minimum absolute atomic E-state index is 0.0923. The molecule has 1 heterocycles. The first kappa shape index (κ1) is 16.8. The second kappa shape index (κ2) is 7.13. The number of nitrogens with zero attached hydrogens (tertiary/aromatic N) is 1. The van der Waals surface area contributed by atoms with Gasteiger partial charge in [0.25, 0.3) is 5.91 Å². The average molecular weight is 314 g/mol. The van der Waals surface area contributed by atoms with Crippen molar-refractivity contribution in [1.82, 2.24) is 9.88 Å². The highest BCUT2D eigenvalue weighted by Gasteiger charge is 2.14. The van der Waals surface area contributed by atoms with Crippen LogP contribution in [0.2, 0.25) is 0 Å². The van der Waals surface area contributed by atoms with Crippen LogP contribution in [-0.2, 0) is 11.8 Å². The molecule has 0 aliphatic heterocycles. The molecule has 1 aromatic heterocycles. The molecule has 1 amide bonds. The Labute approximate surface area is 136 Å². The van der Waals surface area contributed by atoms with E-state index in [0.29, 0.717) is 11.3 Å². The molecule has 0 saturated heterocycles. The Kier molecular flexibility index (Phi) is 5.21. The summed E-state index contributed by atoms with van der Waals surface area (Å²) in [6, 6.07) is 9.26. The Morgan fingerprint density at radius 3 is 2.65 bits per heavy atom. The molecule has 1 N–H and O–H groups in total. The van der Waals surface area contributed by atoms with Crippen molar-refractivity contribution in [3.05, 3.63) is 47.8 Å². The van der Waals surface area contributed by atoms with Gasteiger partial charge in [0.2, 0.25) is 0 Å². The zero-order chi connectivity index (χ0) is 17.0. The molecule has 0 fully saturated rings. The van der Waals surface area contributed by atoms with Gasteiger partial charge in [-0.25, -0.2) is 4.79 Å². The van der Waals surface area contributed by atoms with Crippen molar-refractivity contribution in [3.63, 3.8) is 0 Å². The number of carbonyl (C=O) groups excluding carboxylic acids is 2. The Hall–Kier alpha value is -2.56. The number of esters is 1. The Balaban J connectivity index is 2.30. The summed E-state index contributed by atoms with van der Waals surface area (Å²) in [4.78, 5) is 23.9. The maximum Gasteiger partial charge on any atom is 0.354 e. The van der Waals surface area contributed by atoms with E-state index in [1.54, 1.807) is 23.7 Å². The molecule has 2 aromatic rings. The minimum Gasteiger partial charge on any atom is -0.464 e. The van der Waals surface area contributed by atoms with Crippen LogP contribution in [0.25, 0.3) is 11.1 Å². The summed E-state index contributed by atoms with van der Waals surface area (Å²) in [5, 5.41) is 2.95. The van der Waals surface area contributed by atoms with Crippen molar-refractivity contribution in [2.45, 2.75) is 26.3 Å². The van der Waals surface area contributed by atoms with E-state index in [-0.39, 0.29) is 17.9 Å². The highest BCUT2D eigenvalue weighted by atomic mass is 16.5. The number of aromatic nitrogens is 1. The molecule has 23 heavy (non-hydrogen) atoms. The topological polar surface area (TPSA) is 60.3 Å². The summed E-state index contributed by atoms with van der Waals surface area (Å²) < 4.78 is 6.48. The smallest absolute Gasteiger partial charge is 0.354 e. The SMILES string of the molecule is CC[C@@H](C)NC(=O)c1cccc(-c2cc(C(=O)OC)n(C)c2)c1. The number of benzene rings is 1. The number of hydrogen-bond donors (Lipinski definition) is 1. The van der Waals surface area contributed by atoms with Crippen LogP contribution in [0.4, 0.5) is 0 Å². The van der Waals surface area contributed by atoms with E-state index in [1.807, 2.05) is 38.2 Å². The molecule has 2 rings (SSSR count). The molecule has 0 bridgehead atoms. The van der Waals surface area contributed by atoms with Gasteiger partial charge in [-0.3, -0.25) is 4.79 Å². The molecular weight excluding hydrogens is 292 g/mol. The first-order valence-corrected chi connectivity index (χ1v) is 7.62. The predicted molar refractivity (Wildman–Crippen MR) is 89.4 cm³/mol. The molecule has 5 heteroatoms. The second-order valence-electron chi connectivity index (χ2n) is 5.58. The van der Waals surface area contributed by atoms with E-state index in [9.17, 15) is 9.59 Å². The molecule has 1 aromatic carbocycles. The van der Waals surface area contributed by atoms with Gasteiger partial charge < -0.3 is 14.6 Å². The molecule has 1 atom stereocenters. The number of aryl methyl sites for hydroxylation is 1. The standard InChI is InChI=1S/C18H22N2O3/c1-5-12(2)19-17(21)14-8-6-7-13(9-14)15-10-16(18(22)23-4)20(3)11-15/h6-12H,5H2,1-4H3,(H,19,21)/t12-/m1/s1. The van der Waals surface area contributed by atoms with E-state index in [4.69, 9.17) is 4.74 Å². The van der Waals surface area contributed by atoms with Gasteiger partial charge in [0.1, 0.15) is 5.69 Å². The monoisotopic (exact) mass is 314 g/mol. The number of carbonyl (C=O) groups is 2. The van der Waals surface area contributed by atoms with E-state index in [0.717, 1.165) is 17.5 Å². The fourth-order valence-corrected chi connectivity index (χ4v) is 2.28. The van der Waals surface area contributed by atoms with Crippen molar-refractivity contribution >= 4 is 11.9 Å². The molecule has 0 aliphatic carbocycles. The van der Waals surface area contributed by atoms with Gasteiger partial charge in [-0.2, -0.15) is 0 Å². The third-order valence-corrected chi connectivity index (χ3v) is 3.85. The number of methoxy groups -OCH3 is 1. The summed E-state index contributed by atoms with van der Waals surface area (Å²) in [6.45, 7) is 4.00. The summed E-state index contributed by atoms with van der Waals surface area (Å²) in [5.74, 6) is -0.477. The van der Waals surface area contributed by atoms with Crippen LogP contribution in [0.3, 0.4) is 0 Å². The largest absolute Gasteiger partial charge is 0.464 e. The van der Waals surface area contributed by atoms with Gasteiger partial charge in [-0.15, -0.1) is 0 Å². The van der Waals surface area contributed by atoms with Crippen molar-refractivity contribution in [3.8, 4) is 11.1 Å². The van der Waals surface area contributed by atoms with Gasteiger partial charge in [-0.05, 0) is 37.1 Å². The molecule has 5 nitrogen and oxygen atoms in total. The van der Waals surface area contributed by atoms with Crippen LogP contribution in [-0.4, -0.2) is 29.6 Å². The first-order chi connectivity index (χ1) is 11.0. The van der Waals surface area contributed by atoms with Crippen molar-refractivity contribution in [2.24, 2.45) is 7.05 Å². The third kappa shape index (κ3) is 3.80. The highest BCUT2D eigenvalue weighted by molar-refractivity contribution is 5.96. The molecular formula is C18H22N2O3. The highest BCUT2D eigenvalue weighted by Crippen LogP contribution is 2.23. The quantitative estimate of drug-likeness (QED) is 0.863. The van der Waals surface area contributed by atoms with Crippen LogP contribution in [0.1, 0.15) is 41.1 Å². The molecule has 0 spiro atoms. The van der Waals surface area contributed by atoms with Crippen molar-refractivity contribution < 1.29 is 14.3 Å². The van der Waals surface area contributed by atoms with Crippen molar-refractivity contribution in [2.75, 3.05) is 7.11 Å².